The molecule has 0 saturated heterocycles. The topological polar surface area (TPSA) is 49.4 Å². The van der Waals surface area contributed by atoms with Crippen LogP contribution < -0.4 is 5.32 Å². The molecule has 8 heteroatoms. The van der Waals surface area contributed by atoms with Crippen LogP contribution in [0.3, 0.4) is 0 Å². The number of nitrogens with one attached hydrogen (secondary N) is 1. The van der Waals surface area contributed by atoms with E-state index in [1.165, 1.54) is 0 Å². The Morgan fingerprint density at radius 3 is 2.17 bits per heavy atom. The van der Waals surface area contributed by atoms with E-state index in [1.54, 1.807) is 41.3 Å². The number of rotatable bonds is 11. The molecule has 3 rings (SSSR count). The van der Waals surface area contributed by atoms with Crippen LogP contribution in [-0.4, -0.2) is 29.3 Å². The average molecular weight is 566 g/mol. The summed E-state index contributed by atoms with van der Waals surface area (Å²) in [6.07, 6.45) is 2.16. The molecule has 0 aromatic heterocycles. The van der Waals surface area contributed by atoms with Gasteiger partial charge in [0.25, 0.3) is 0 Å². The van der Waals surface area contributed by atoms with Crippen molar-refractivity contribution in [3.8, 4) is 0 Å². The molecule has 36 heavy (non-hydrogen) atoms. The second kappa shape index (κ2) is 13.9. The maximum absolute atomic E-state index is 13.8. The van der Waals surface area contributed by atoms with Gasteiger partial charge in [-0.05, 0) is 41.8 Å². The van der Waals surface area contributed by atoms with E-state index in [4.69, 9.17) is 46.4 Å². The van der Waals surface area contributed by atoms with Gasteiger partial charge in [-0.1, -0.05) is 102 Å². The summed E-state index contributed by atoms with van der Waals surface area (Å²) in [6, 6.07) is 19.1. The molecule has 0 aliphatic carbocycles. The van der Waals surface area contributed by atoms with Crippen molar-refractivity contribution in [1.82, 2.24) is 10.2 Å². The Balaban J connectivity index is 2.00. The highest BCUT2D eigenvalue weighted by Gasteiger charge is 2.31. The summed E-state index contributed by atoms with van der Waals surface area (Å²) in [4.78, 5) is 28.8. The van der Waals surface area contributed by atoms with Crippen LogP contribution in [0, 0.1) is 0 Å². The molecule has 0 spiro atoms. The van der Waals surface area contributed by atoms with Crippen LogP contribution in [-0.2, 0) is 29.0 Å². The summed E-state index contributed by atoms with van der Waals surface area (Å²) in [7, 11) is 0. The highest BCUT2D eigenvalue weighted by molar-refractivity contribution is 6.42. The summed E-state index contributed by atoms with van der Waals surface area (Å²) in [5.74, 6) is -0.478. The lowest BCUT2D eigenvalue weighted by Gasteiger charge is -2.32. The van der Waals surface area contributed by atoms with Gasteiger partial charge in [-0.2, -0.15) is 0 Å². The van der Waals surface area contributed by atoms with Crippen molar-refractivity contribution in [3.63, 3.8) is 0 Å². The second-order valence-electron chi connectivity index (χ2n) is 8.50. The maximum atomic E-state index is 13.8. The molecule has 0 heterocycles. The van der Waals surface area contributed by atoms with Crippen molar-refractivity contribution < 1.29 is 9.59 Å². The molecule has 0 fully saturated rings. The normalized spacial score (nSPS) is 11.7. The molecule has 4 nitrogen and oxygen atoms in total. The monoisotopic (exact) mass is 564 g/mol. The van der Waals surface area contributed by atoms with E-state index < -0.39 is 6.04 Å². The molecule has 2 amide bonds. The fourth-order valence-corrected chi connectivity index (χ4v) is 4.68. The van der Waals surface area contributed by atoms with Gasteiger partial charge in [0.1, 0.15) is 6.04 Å². The van der Waals surface area contributed by atoms with Gasteiger partial charge in [0.05, 0.1) is 16.5 Å². The Labute approximate surface area is 232 Å². The van der Waals surface area contributed by atoms with Crippen molar-refractivity contribution in [1.29, 1.82) is 0 Å². The third-order valence-electron chi connectivity index (χ3n) is 5.83. The minimum Gasteiger partial charge on any atom is -0.354 e. The van der Waals surface area contributed by atoms with Crippen molar-refractivity contribution in [2.45, 2.75) is 45.2 Å². The Bertz CT molecular complexity index is 1170. The lowest BCUT2D eigenvalue weighted by molar-refractivity contribution is -0.140. The highest BCUT2D eigenvalue weighted by atomic mass is 35.5. The smallest absolute Gasteiger partial charge is 0.243 e. The molecule has 0 aliphatic heterocycles. The summed E-state index contributed by atoms with van der Waals surface area (Å²) in [5, 5.41) is 4.63. The lowest BCUT2D eigenvalue weighted by Crippen LogP contribution is -2.51. The maximum Gasteiger partial charge on any atom is 0.243 e. The van der Waals surface area contributed by atoms with Crippen molar-refractivity contribution >= 4 is 58.2 Å². The van der Waals surface area contributed by atoms with Gasteiger partial charge in [-0.15, -0.1) is 0 Å². The zero-order valence-electron chi connectivity index (χ0n) is 19.9. The lowest BCUT2D eigenvalue weighted by atomic mass is 10.0. The predicted octanol–water partition coefficient (Wildman–Crippen LogP) is 7.40. The number of unbranched alkanes of at least 4 members (excludes halogenated alkanes) is 1. The molecule has 0 radical (unpaired) electrons. The number of amides is 2. The van der Waals surface area contributed by atoms with Crippen molar-refractivity contribution in [2.24, 2.45) is 0 Å². The Kier molecular flexibility index (Phi) is 10.9. The number of carbonyl (C=O) groups is 2. The number of hydrogen-bond acceptors (Lipinski definition) is 2. The fourth-order valence-electron chi connectivity index (χ4n) is 3.84. The first-order chi connectivity index (χ1) is 17.3. The minimum atomic E-state index is -0.771. The van der Waals surface area contributed by atoms with E-state index in [1.807, 2.05) is 30.3 Å². The van der Waals surface area contributed by atoms with Gasteiger partial charge in [0.2, 0.25) is 11.8 Å². The predicted molar refractivity (Wildman–Crippen MR) is 149 cm³/mol. The third kappa shape index (κ3) is 7.88. The molecule has 0 aliphatic rings. The van der Waals surface area contributed by atoms with Gasteiger partial charge >= 0.3 is 0 Å². The first-order valence-corrected chi connectivity index (χ1v) is 13.3. The quantitative estimate of drug-likeness (QED) is 0.246. The van der Waals surface area contributed by atoms with Crippen molar-refractivity contribution in [3.05, 3.63) is 104 Å². The van der Waals surface area contributed by atoms with Gasteiger partial charge < -0.3 is 10.2 Å². The third-order valence-corrected chi connectivity index (χ3v) is 7.28. The molecule has 1 atom stereocenters. The van der Waals surface area contributed by atoms with Crippen molar-refractivity contribution in [2.75, 3.05) is 6.54 Å². The molecule has 1 N–H and O–H groups in total. The Morgan fingerprint density at radius 2 is 1.53 bits per heavy atom. The molecule has 0 bridgehead atoms. The zero-order chi connectivity index (χ0) is 26.1. The van der Waals surface area contributed by atoms with E-state index in [0.717, 1.165) is 18.4 Å². The molecular formula is C28H28Cl4N2O2. The molecular weight excluding hydrogens is 538 g/mol. The Hall–Kier alpha value is -2.24. The van der Waals surface area contributed by atoms with Gasteiger partial charge in [0, 0.05) is 35.1 Å². The van der Waals surface area contributed by atoms with Crippen LogP contribution >= 0.6 is 46.4 Å². The number of hydrogen-bond donors (Lipinski definition) is 1. The van der Waals surface area contributed by atoms with Gasteiger partial charge in [-0.3, -0.25) is 9.59 Å². The average Bonchev–Trinajstić information content (AvgIpc) is 2.86. The summed E-state index contributed by atoms with van der Waals surface area (Å²) >= 11 is 25.2. The summed E-state index contributed by atoms with van der Waals surface area (Å²) in [5.41, 5.74) is 2.21. The first-order valence-electron chi connectivity index (χ1n) is 11.8. The van der Waals surface area contributed by atoms with E-state index >= 15 is 0 Å². The minimum absolute atomic E-state index is 0.0342. The Morgan fingerprint density at radius 1 is 0.833 bits per heavy atom. The molecule has 190 valence electrons. The fraction of sp³-hybridized carbons (Fsp3) is 0.286. The molecule has 3 aromatic carbocycles. The zero-order valence-corrected chi connectivity index (χ0v) is 23.0. The van der Waals surface area contributed by atoms with Crippen LogP contribution in [0.4, 0.5) is 0 Å². The SMILES string of the molecule is CCCCNC(=O)[C@H](Cc1ccccc1)N(Cc1c(Cl)cccc1Cl)C(=O)Cc1ccc(Cl)c(Cl)c1. The van der Waals surface area contributed by atoms with Crippen LogP contribution in [0.1, 0.15) is 36.5 Å². The standard InChI is InChI=1S/C28H28Cl4N2O2/c1-2-3-14-33-28(36)26(16-19-8-5-4-6-9-19)34(18-21-22(29)10-7-11-23(21)30)27(35)17-20-12-13-24(31)25(32)15-20/h4-13,15,26H,2-3,14,16-18H2,1H3,(H,33,36)/t26-/m0/s1. The largest absolute Gasteiger partial charge is 0.354 e. The van der Waals surface area contributed by atoms with Crippen LogP contribution in [0.2, 0.25) is 20.1 Å². The summed E-state index contributed by atoms with van der Waals surface area (Å²) < 4.78 is 0. The van der Waals surface area contributed by atoms with Gasteiger partial charge in [0.15, 0.2) is 0 Å². The number of benzene rings is 3. The first kappa shape index (κ1) is 28.3. The van der Waals surface area contributed by atoms with Gasteiger partial charge in [-0.25, -0.2) is 0 Å². The van der Waals surface area contributed by atoms with E-state index in [-0.39, 0.29) is 24.8 Å². The van der Waals surface area contributed by atoms with Crippen LogP contribution in [0.15, 0.2) is 66.7 Å². The molecule has 0 saturated carbocycles. The molecule has 3 aromatic rings. The van der Waals surface area contributed by atoms with E-state index in [2.05, 4.69) is 12.2 Å². The molecule has 0 unspecified atom stereocenters. The number of carbonyl (C=O) groups excluding carboxylic acids is 2. The number of nitrogens with zero attached hydrogens (tertiary/aromatic N) is 1. The highest BCUT2D eigenvalue weighted by Crippen LogP contribution is 2.28. The van der Waals surface area contributed by atoms with Crippen LogP contribution in [0.5, 0.6) is 0 Å². The van der Waals surface area contributed by atoms with E-state index in [0.29, 0.717) is 44.2 Å². The summed E-state index contributed by atoms with van der Waals surface area (Å²) in [6.45, 7) is 2.67. The second-order valence-corrected chi connectivity index (χ2v) is 10.1. The van der Waals surface area contributed by atoms with E-state index in [9.17, 15) is 9.59 Å². The number of halogens is 4. The van der Waals surface area contributed by atoms with Crippen LogP contribution in [0.25, 0.3) is 0 Å².